The SMILES string of the molecule is O=C(CCCCc1ccccc1)NC1CCN(C(=O)N2CCCC2)CC1. The number of aryl methyl sites for hydroxylation is 1. The van der Waals surface area contributed by atoms with E-state index in [0.717, 1.165) is 71.1 Å². The number of nitrogens with zero attached hydrogens (tertiary/aromatic N) is 2. The van der Waals surface area contributed by atoms with Crippen LogP contribution in [0.2, 0.25) is 0 Å². The lowest BCUT2D eigenvalue weighted by Crippen LogP contribution is -2.50. The van der Waals surface area contributed by atoms with Gasteiger partial charge in [0, 0.05) is 38.6 Å². The molecule has 2 saturated heterocycles. The zero-order valence-electron chi connectivity index (χ0n) is 15.7. The smallest absolute Gasteiger partial charge is 0.319 e. The fourth-order valence-electron chi connectivity index (χ4n) is 3.88. The van der Waals surface area contributed by atoms with Gasteiger partial charge in [-0.25, -0.2) is 4.79 Å². The monoisotopic (exact) mass is 357 g/mol. The van der Waals surface area contributed by atoms with E-state index in [1.54, 1.807) is 0 Å². The van der Waals surface area contributed by atoms with Crippen molar-refractivity contribution < 1.29 is 9.59 Å². The minimum absolute atomic E-state index is 0.155. The van der Waals surface area contributed by atoms with E-state index in [-0.39, 0.29) is 18.0 Å². The van der Waals surface area contributed by atoms with Crippen LogP contribution in [-0.2, 0) is 11.2 Å². The Morgan fingerprint density at radius 2 is 1.58 bits per heavy atom. The van der Waals surface area contributed by atoms with Crippen LogP contribution in [0.3, 0.4) is 0 Å². The number of amides is 3. The number of rotatable bonds is 6. The number of hydrogen-bond donors (Lipinski definition) is 1. The number of carbonyl (C=O) groups excluding carboxylic acids is 2. The Balaban J connectivity index is 1.29. The Labute approximate surface area is 156 Å². The zero-order valence-corrected chi connectivity index (χ0v) is 15.7. The molecule has 0 bridgehead atoms. The summed E-state index contributed by atoms with van der Waals surface area (Å²) in [5, 5.41) is 3.16. The molecule has 2 fully saturated rings. The largest absolute Gasteiger partial charge is 0.353 e. The predicted octanol–water partition coefficient (Wildman–Crippen LogP) is 3.20. The zero-order chi connectivity index (χ0) is 18.2. The number of likely N-dealkylation sites (tertiary alicyclic amines) is 2. The molecule has 142 valence electrons. The Kier molecular flexibility index (Phi) is 6.92. The Morgan fingerprint density at radius 1 is 0.923 bits per heavy atom. The Bertz CT molecular complexity index is 576. The average molecular weight is 357 g/mol. The fraction of sp³-hybridized carbons (Fsp3) is 0.619. The maximum absolute atomic E-state index is 12.4. The fourth-order valence-corrected chi connectivity index (χ4v) is 3.88. The highest BCUT2D eigenvalue weighted by Gasteiger charge is 2.28. The van der Waals surface area contributed by atoms with Crippen LogP contribution in [0.25, 0.3) is 0 Å². The maximum Gasteiger partial charge on any atom is 0.319 e. The second-order valence-corrected chi connectivity index (χ2v) is 7.50. The molecule has 2 heterocycles. The van der Waals surface area contributed by atoms with Crippen molar-refractivity contribution in [3.8, 4) is 0 Å². The van der Waals surface area contributed by atoms with Gasteiger partial charge in [0.15, 0.2) is 0 Å². The van der Waals surface area contributed by atoms with Gasteiger partial charge in [-0.2, -0.15) is 0 Å². The lowest BCUT2D eigenvalue weighted by atomic mass is 10.0. The number of piperidine rings is 1. The number of benzene rings is 1. The summed E-state index contributed by atoms with van der Waals surface area (Å²) in [4.78, 5) is 28.4. The summed E-state index contributed by atoms with van der Waals surface area (Å²) in [5.41, 5.74) is 1.34. The van der Waals surface area contributed by atoms with Crippen molar-refractivity contribution in [1.29, 1.82) is 0 Å². The second-order valence-electron chi connectivity index (χ2n) is 7.50. The first-order valence-electron chi connectivity index (χ1n) is 10.1. The Hall–Kier alpha value is -2.04. The van der Waals surface area contributed by atoms with E-state index in [4.69, 9.17) is 0 Å². The molecule has 0 spiro atoms. The van der Waals surface area contributed by atoms with E-state index in [0.29, 0.717) is 6.42 Å². The minimum atomic E-state index is 0.155. The van der Waals surface area contributed by atoms with Crippen LogP contribution >= 0.6 is 0 Å². The van der Waals surface area contributed by atoms with E-state index < -0.39 is 0 Å². The summed E-state index contributed by atoms with van der Waals surface area (Å²) in [6, 6.07) is 10.8. The molecule has 3 rings (SSSR count). The normalized spacial score (nSPS) is 18.2. The molecule has 2 aliphatic heterocycles. The van der Waals surface area contributed by atoms with Gasteiger partial charge >= 0.3 is 6.03 Å². The van der Waals surface area contributed by atoms with Gasteiger partial charge in [-0.1, -0.05) is 30.3 Å². The van der Waals surface area contributed by atoms with E-state index in [9.17, 15) is 9.59 Å². The van der Waals surface area contributed by atoms with Gasteiger partial charge in [0.05, 0.1) is 0 Å². The molecule has 0 aromatic heterocycles. The first kappa shape index (κ1) is 18.7. The van der Waals surface area contributed by atoms with Crippen LogP contribution in [0.15, 0.2) is 30.3 Å². The van der Waals surface area contributed by atoms with Crippen molar-refractivity contribution in [2.75, 3.05) is 26.2 Å². The molecule has 0 saturated carbocycles. The third-order valence-corrected chi connectivity index (χ3v) is 5.47. The van der Waals surface area contributed by atoms with E-state index >= 15 is 0 Å². The molecule has 5 heteroatoms. The summed E-state index contributed by atoms with van der Waals surface area (Å²) in [7, 11) is 0. The summed E-state index contributed by atoms with van der Waals surface area (Å²) in [6.07, 6.45) is 7.59. The highest BCUT2D eigenvalue weighted by Crippen LogP contribution is 2.16. The van der Waals surface area contributed by atoms with Crippen molar-refractivity contribution in [3.05, 3.63) is 35.9 Å². The molecule has 26 heavy (non-hydrogen) atoms. The molecule has 0 atom stereocenters. The Morgan fingerprint density at radius 3 is 2.27 bits per heavy atom. The molecule has 1 N–H and O–H groups in total. The van der Waals surface area contributed by atoms with Crippen molar-refractivity contribution in [1.82, 2.24) is 15.1 Å². The van der Waals surface area contributed by atoms with Crippen molar-refractivity contribution >= 4 is 11.9 Å². The van der Waals surface area contributed by atoms with E-state index in [1.165, 1.54) is 5.56 Å². The number of unbranched alkanes of at least 4 members (excludes halogenated alkanes) is 1. The molecule has 5 nitrogen and oxygen atoms in total. The topological polar surface area (TPSA) is 52.7 Å². The third kappa shape index (κ3) is 5.48. The molecule has 1 aromatic carbocycles. The molecule has 0 aliphatic carbocycles. The predicted molar refractivity (Wildman–Crippen MR) is 103 cm³/mol. The summed E-state index contributed by atoms with van der Waals surface area (Å²) in [6.45, 7) is 3.32. The molecule has 3 amide bonds. The van der Waals surface area contributed by atoms with E-state index in [1.807, 2.05) is 15.9 Å². The van der Waals surface area contributed by atoms with Gasteiger partial charge in [-0.3, -0.25) is 4.79 Å². The molecular formula is C21H31N3O2. The molecule has 1 aromatic rings. The first-order chi connectivity index (χ1) is 12.7. The first-order valence-corrected chi connectivity index (χ1v) is 10.1. The third-order valence-electron chi connectivity index (χ3n) is 5.47. The van der Waals surface area contributed by atoms with Crippen molar-refractivity contribution in [3.63, 3.8) is 0 Å². The van der Waals surface area contributed by atoms with Crippen LogP contribution < -0.4 is 5.32 Å². The number of hydrogen-bond acceptors (Lipinski definition) is 2. The van der Waals surface area contributed by atoms with Crippen LogP contribution in [0.4, 0.5) is 4.79 Å². The molecule has 0 unspecified atom stereocenters. The average Bonchev–Trinajstić information content (AvgIpc) is 3.21. The summed E-state index contributed by atoms with van der Waals surface area (Å²) < 4.78 is 0. The van der Waals surface area contributed by atoms with Crippen LogP contribution in [0.5, 0.6) is 0 Å². The van der Waals surface area contributed by atoms with Gasteiger partial charge in [0.2, 0.25) is 5.91 Å². The van der Waals surface area contributed by atoms with Gasteiger partial charge in [-0.15, -0.1) is 0 Å². The van der Waals surface area contributed by atoms with Crippen molar-refractivity contribution in [2.24, 2.45) is 0 Å². The standard InChI is InChI=1S/C21H31N3O2/c25-20(11-5-4-10-18-8-2-1-3-9-18)22-19-12-16-24(17-13-19)21(26)23-14-6-7-15-23/h1-3,8-9,19H,4-7,10-17H2,(H,22,25). The quantitative estimate of drug-likeness (QED) is 0.795. The van der Waals surface area contributed by atoms with Gasteiger partial charge in [0.1, 0.15) is 0 Å². The van der Waals surface area contributed by atoms with Gasteiger partial charge in [-0.05, 0) is 50.5 Å². The molecule has 0 radical (unpaired) electrons. The van der Waals surface area contributed by atoms with Crippen LogP contribution in [0.1, 0.15) is 50.5 Å². The highest BCUT2D eigenvalue weighted by atomic mass is 16.2. The summed E-state index contributed by atoms with van der Waals surface area (Å²) >= 11 is 0. The second kappa shape index (κ2) is 9.60. The van der Waals surface area contributed by atoms with Crippen molar-refractivity contribution in [2.45, 2.75) is 57.4 Å². The summed E-state index contributed by atoms with van der Waals surface area (Å²) in [5.74, 6) is 0.155. The van der Waals surface area contributed by atoms with Gasteiger partial charge in [0.25, 0.3) is 0 Å². The minimum Gasteiger partial charge on any atom is -0.353 e. The lowest BCUT2D eigenvalue weighted by molar-refractivity contribution is -0.122. The van der Waals surface area contributed by atoms with Crippen LogP contribution in [-0.4, -0.2) is 54.0 Å². The number of nitrogens with one attached hydrogen (secondary N) is 1. The van der Waals surface area contributed by atoms with Gasteiger partial charge < -0.3 is 15.1 Å². The number of carbonyl (C=O) groups is 2. The van der Waals surface area contributed by atoms with Crippen LogP contribution in [0, 0.1) is 0 Å². The molecule has 2 aliphatic rings. The lowest BCUT2D eigenvalue weighted by Gasteiger charge is -2.34. The van der Waals surface area contributed by atoms with E-state index in [2.05, 4.69) is 29.6 Å². The highest BCUT2D eigenvalue weighted by molar-refractivity contribution is 5.76. The number of urea groups is 1. The maximum atomic E-state index is 12.4. The molecular weight excluding hydrogens is 326 g/mol.